The van der Waals surface area contributed by atoms with E-state index in [1.807, 2.05) is 0 Å². The predicted molar refractivity (Wildman–Crippen MR) is 43.8 cm³/mol. The lowest BCUT2D eigenvalue weighted by molar-refractivity contribution is -0.128. The Morgan fingerprint density at radius 1 is 1.73 bits per heavy atom. The average Bonchev–Trinajstić information content (AvgIpc) is 2.52. The highest BCUT2D eigenvalue weighted by molar-refractivity contribution is 6.08. The summed E-state index contributed by atoms with van der Waals surface area (Å²) in [5.41, 5.74) is 0. The van der Waals surface area contributed by atoms with Gasteiger partial charge in [-0.25, -0.2) is 4.79 Å². The molecule has 0 saturated heterocycles. The highest BCUT2D eigenvalue weighted by Gasteiger charge is 1.91. The molecule has 0 amide bonds. The normalized spacial score (nSPS) is 10.5. The van der Waals surface area contributed by atoms with Crippen LogP contribution in [0, 0.1) is 0 Å². The molecule has 11 heavy (non-hydrogen) atoms. The Kier molecular flexibility index (Phi) is 2.68. The first-order chi connectivity index (χ1) is 5.33. The second-order valence-electron chi connectivity index (χ2n) is 1.87. The minimum Gasteiger partial charge on any atom is -0.526 e. The number of carbonyl (C=O) groups is 1. The molecule has 1 rings (SSSR count). The number of rotatable bonds is 2. The van der Waals surface area contributed by atoms with Crippen molar-refractivity contribution in [3.05, 3.63) is 30.2 Å². The molecular formula is C7H8O3Si. The summed E-state index contributed by atoms with van der Waals surface area (Å²) in [5, 5.41) is 0. The van der Waals surface area contributed by atoms with E-state index in [1.165, 1.54) is 6.08 Å². The van der Waals surface area contributed by atoms with Crippen LogP contribution in [-0.2, 0) is 9.22 Å². The van der Waals surface area contributed by atoms with E-state index < -0.39 is 0 Å². The molecule has 0 saturated carbocycles. The van der Waals surface area contributed by atoms with Crippen molar-refractivity contribution >= 4 is 22.5 Å². The van der Waals surface area contributed by atoms with Gasteiger partial charge in [0.25, 0.3) is 0 Å². The molecule has 0 aliphatic heterocycles. The number of hydrogen-bond acceptors (Lipinski definition) is 3. The lowest BCUT2D eigenvalue weighted by Gasteiger charge is -1.88. The van der Waals surface area contributed by atoms with Gasteiger partial charge < -0.3 is 8.84 Å². The zero-order valence-corrected chi connectivity index (χ0v) is 8.11. The maximum atomic E-state index is 10.6. The van der Waals surface area contributed by atoms with Crippen LogP contribution in [0.5, 0.6) is 0 Å². The molecule has 58 valence electrons. The van der Waals surface area contributed by atoms with Gasteiger partial charge in [0.15, 0.2) is 0 Å². The van der Waals surface area contributed by atoms with Gasteiger partial charge in [0, 0.05) is 6.08 Å². The first kappa shape index (κ1) is 7.81. The third-order valence-corrected chi connectivity index (χ3v) is 1.53. The van der Waals surface area contributed by atoms with Crippen LogP contribution < -0.4 is 0 Å². The van der Waals surface area contributed by atoms with Crippen molar-refractivity contribution in [2.45, 2.75) is 0 Å². The van der Waals surface area contributed by atoms with Gasteiger partial charge in [-0.2, -0.15) is 0 Å². The summed E-state index contributed by atoms with van der Waals surface area (Å²) in [6.07, 6.45) is 4.46. The van der Waals surface area contributed by atoms with Crippen molar-refractivity contribution < 1.29 is 13.6 Å². The van der Waals surface area contributed by atoms with Crippen molar-refractivity contribution in [3.63, 3.8) is 0 Å². The van der Waals surface area contributed by atoms with Crippen molar-refractivity contribution in [1.29, 1.82) is 0 Å². The quantitative estimate of drug-likeness (QED) is 0.465. The van der Waals surface area contributed by atoms with Gasteiger partial charge in [0.1, 0.15) is 5.76 Å². The topological polar surface area (TPSA) is 39.4 Å². The van der Waals surface area contributed by atoms with Crippen LogP contribution in [0.4, 0.5) is 0 Å². The molecule has 0 atom stereocenters. The standard InChI is InChI=1S/C7H8O3Si/c8-7(10-11)4-3-6-2-1-5-9-6/h1-5H,11H3. The monoisotopic (exact) mass is 168 g/mol. The summed E-state index contributed by atoms with van der Waals surface area (Å²) in [6.45, 7) is 0. The summed E-state index contributed by atoms with van der Waals surface area (Å²) in [4.78, 5) is 10.6. The van der Waals surface area contributed by atoms with Gasteiger partial charge in [0.2, 0.25) is 10.5 Å². The summed E-state index contributed by atoms with van der Waals surface area (Å²) < 4.78 is 9.47. The molecule has 0 spiro atoms. The van der Waals surface area contributed by atoms with Crippen molar-refractivity contribution in [3.8, 4) is 0 Å². The van der Waals surface area contributed by atoms with Crippen molar-refractivity contribution in [1.82, 2.24) is 0 Å². The Balaban J connectivity index is 2.55. The van der Waals surface area contributed by atoms with Gasteiger partial charge >= 0.3 is 5.97 Å². The summed E-state index contributed by atoms with van der Waals surface area (Å²) in [6, 6.07) is 3.52. The lowest BCUT2D eigenvalue weighted by Crippen LogP contribution is -1.94. The van der Waals surface area contributed by atoms with Gasteiger partial charge in [-0.15, -0.1) is 0 Å². The molecule has 0 aliphatic rings. The molecule has 0 fully saturated rings. The molecule has 0 radical (unpaired) electrons. The zero-order valence-electron chi connectivity index (χ0n) is 6.11. The molecule has 0 aliphatic carbocycles. The van der Waals surface area contributed by atoms with Crippen LogP contribution in [0.3, 0.4) is 0 Å². The maximum Gasteiger partial charge on any atom is 0.316 e. The Bertz CT molecular complexity index is 251. The van der Waals surface area contributed by atoms with E-state index in [0.29, 0.717) is 16.2 Å². The van der Waals surface area contributed by atoms with Crippen LogP contribution in [0.1, 0.15) is 5.76 Å². The van der Waals surface area contributed by atoms with E-state index in [9.17, 15) is 4.79 Å². The van der Waals surface area contributed by atoms with E-state index in [2.05, 4.69) is 4.43 Å². The fraction of sp³-hybridized carbons (Fsp3) is 0. The first-order valence-electron chi connectivity index (χ1n) is 3.12. The largest absolute Gasteiger partial charge is 0.526 e. The third-order valence-electron chi connectivity index (χ3n) is 1.13. The van der Waals surface area contributed by atoms with E-state index in [-0.39, 0.29) is 5.97 Å². The lowest BCUT2D eigenvalue weighted by atomic mass is 10.4. The van der Waals surface area contributed by atoms with Crippen molar-refractivity contribution in [2.24, 2.45) is 0 Å². The minimum atomic E-state index is -0.326. The number of hydrogen-bond donors (Lipinski definition) is 0. The van der Waals surface area contributed by atoms with Gasteiger partial charge in [-0.1, -0.05) is 0 Å². The molecule has 1 heterocycles. The Labute approximate surface area is 67.2 Å². The van der Waals surface area contributed by atoms with Crippen molar-refractivity contribution in [2.75, 3.05) is 0 Å². The second-order valence-corrected chi connectivity index (χ2v) is 2.28. The Morgan fingerprint density at radius 3 is 3.09 bits per heavy atom. The summed E-state index contributed by atoms with van der Waals surface area (Å²) >= 11 is 0. The summed E-state index contributed by atoms with van der Waals surface area (Å²) in [5.74, 6) is 0.324. The third kappa shape index (κ3) is 2.43. The van der Waals surface area contributed by atoms with E-state index in [0.717, 1.165) is 0 Å². The predicted octanol–water partition coefficient (Wildman–Crippen LogP) is 0.116. The smallest absolute Gasteiger partial charge is 0.316 e. The molecule has 0 aromatic carbocycles. The second kappa shape index (κ2) is 3.77. The number of furan rings is 1. The highest BCUT2D eigenvalue weighted by atomic mass is 28.2. The molecule has 0 bridgehead atoms. The zero-order chi connectivity index (χ0) is 8.10. The maximum absolute atomic E-state index is 10.6. The Morgan fingerprint density at radius 2 is 2.55 bits per heavy atom. The molecular weight excluding hydrogens is 160 g/mol. The summed E-state index contributed by atoms with van der Waals surface area (Å²) in [7, 11) is 0.425. The molecule has 3 nitrogen and oxygen atoms in total. The van der Waals surface area contributed by atoms with Gasteiger partial charge in [0.05, 0.1) is 6.26 Å². The van der Waals surface area contributed by atoms with Crippen LogP contribution in [0.2, 0.25) is 0 Å². The van der Waals surface area contributed by atoms with Crippen LogP contribution in [0.25, 0.3) is 6.08 Å². The molecule has 1 aromatic heterocycles. The minimum absolute atomic E-state index is 0.326. The highest BCUT2D eigenvalue weighted by Crippen LogP contribution is 2.01. The molecule has 4 heteroatoms. The van der Waals surface area contributed by atoms with Crippen LogP contribution >= 0.6 is 0 Å². The van der Waals surface area contributed by atoms with Crippen LogP contribution in [-0.4, -0.2) is 16.5 Å². The first-order valence-corrected chi connectivity index (χ1v) is 3.94. The van der Waals surface area contributed by atoms with Gasteiger partial charge in [-0.3, -0.25) is 0 Å². The van der Waals surface area contributed by atoms with E-state index >= 15 is 0 Å². The molecule has 0 N–H and O–H groups in total. The fourth-order valence-corrected chi connectivity index (χ4v) is 0.740. The average molecular weight is 168 g/mol. The molecule has 1 aromatic rings. The van der Waals surface area contributed by atoms with E-state index in [1.54, 1.807) is 24.5 Å². The SMILES string of the molecule is O=C(C=Cc1ccco1)O[SiH3]. The number of carbonyl (C=O) groups excluding carboxylic acids is 1. The molecule has 0 unspecified atom stereocenters. The van der Waals surface area contributed by atoms with E-state index in [4.69, 9.17) is 4.42 Å². The Hall–Kier alpha value is -1.29. The van der Waals surface area contributed by atoms with Gasteiger partial charge in [-0.05, 0) is 18.2 Å². The van der Waals surface area contributed by atoms with Crippen LogP contribution in [0.15, 0.2) is 28.9 Å². The fourth-order valence-electron chi connectivity index (χ4n) is 0.604.